The average molecular weight is 463 g/mol. The van der Waals surface area contributed by atoms with Crippen LogP contribution in [-0.2, 0) is 10.0 Å². The van der Waals surface area contributed by atoms with Crippen LogP contribution in [0.2, 0.25) is 5.02 Å². The van der Waals surface area contributed by atoms with E-state index in [9.17, 15) is 12.8 Å². The molecule has 3 heterocycles. The van der Waals surface area contributed by atoms with Gasteiger partial charge in [-0.2, -0.15) is 4.31 Å². The van der Waals surface area contributed by atoms with Crippen molar-refractivity contribution in [1.29, 1.82) is 0 Å². The molecule has 1 aliphatic rings. The largest absolute Gasteiger partial charge is 0.352 e. The summed E-state index contributed by atoms with van der Waals surface area (Å²) < 4.78 is 40.4. The number of nitrogens with zero attached hydrogens (tertiary/aromatic N) is 5. The van der Waals surface area contributed by atoms with Gasteiger partial charge in [0.2, 0.25) is 10.0 Å². The maximum Gasteiger partial charge on any atom is 0.243 e. The van der Waals surface area contributed by atoms with Gasteiger partial charge in [0, 0.05) is 32.4 Å². The number of hydrogen-bond donors (Lipinski definition) is 1. The maximum absolute atomic E-state index is 13.4. The van der Waals surface area contributed by atoms with Gasteiger partial charge in [-0.15, -0.1) is 10.2 Å². The Morgan fingerprint density at radius 1 is 1.00 bits per heavy atom. The standard InChI is InChI=1S/C20H20ClFN6O2S/c1-14-6-7-23-19(12-14)24-18-4-5-20(26-25-18)27-8-10-28(11-9-27)31(29,30)15-2-3-17(22)16(21)13-15/h2-7,12-13H,8-11H2,1H3,(H,23,24,25). The van der Waals surface area contributed by atoms with Crippen LogP contribution < -0.4 is 10.2 Å². The van der Waals surface area contributed by atoms with Gasteiger partial charge in [0.15, 0.2) is 11.6 Å². The monoisotopic (exact) mass is 462 g/mol. The lowest BCUT2D eigenvalue weighted by atomic mass is 10.3. The fraction of sp³-hybridized carbons (Fsp3) is 0.250. The second kappa shape index (κ2) is 8.74. The van der Waals surface area contributed by atoms with Crippen LogP contribution in [0, 0.1) is 12.7 Å². The Kier molecular flexibility index (Phi) is 6.03. The molecule has 2 aromatic heterocycles. The topological polar surface area (TPSA) is 91.3 Å². The van der Waals surface area contributed by atoms with Crippen molar-refractivity contribution in [3.05, 3.63) is 65.1 Å². The molecule has 0 aliphatic carbocycles. The van der Waals surface area contributed by atoms with E-state index in [-0.39, 0.29) is 23.0 Å². The molecule has 0 unspecified atom stereocenters. The summed E-state index contributed by atoms with van der Waals surface area (Å²) in [6, 6.07) is 10.9. The van der Waals surface area contributed by atoms with Crippen molar-refractivity contribution in [2.75, 3.05) is 36.4 Å². The summed E-state index contributed by atoms with van der Waals surface area (Å²) in [7, 11) is -3.75. The van der Waals surface area contributed by atoms with Gasteiger partial charge in [-0.1, -0.05) is 11.6 Å². The molecule has 0 atom stereocenters. The van der Waals surface area contributed by atoms with E-state index in [1.54, 1.807) is 12.3 Å². The van der Waals surface area contributed by atoms with Crippen LogP contribution in [0.1, 0.15) is 5.56 Å². The smallest absolute Gasteiger partial charge is 0.243 e. The number of benzene rings is 1. The van der Waals surface area contributed by atoms with E-state index < -0.39 is 15.8 Å². The highest BCUT2D eigenvalue weighted by Gasteiger charge is 2.29. The van der Waals surface area contributed by atoms with Crippen LogP contribution in [0.4, 0.5) is 21.8 Å². The van der Waals surface area contributed by atoms with Crippen LogP contribution >= 0.6 is 11.6 Å². The third kappa shape index (κ3) is 4.76. The summed E-state index contributed by atoms with van der Waals surface area (Å²) in [6.07, 6.45) is 1.72. The summed E-state index contributed by atoms with van der Waals surface area (Å²) in [5, 5.41) is 11.3. The van der Waals surface area contributed by atoms with Gasteiger partial charge in [0.1, 0.15) is 11.6 Å². The van der Waals surface area contributed by atoms with Crippen LogP contribution in [0.15, 0.2) is 53.6 Å². The zero-order valence-electron chi connectivity index (χ0n) is 16.7. The minimum Gasteiger partial charge on any atom is -0.352 e. The fourth-order valence-corrected chi connectivity index (χ4v) is 4.93. The quantitative estimate of drug-likeness (QED) is 0.622. The summed E-state index contributed by atoms with van der Waals surface area (Å²) in [4.78, 5) is 6.18. The van der Waals surface area contributed by atoms with Gasteiger partial charge in [0.05, 0.1) is 9.92 Å². The van der Waals surface area contributed by atoms with E-state index in [0.29, 0.717) is 30.5 Å². The highest BCUT2D eigenvalue weighted by molar-refractivity contribution is 7.89. The number of rotatable bonds is 5. The molecule has 0 bridgehead atoms. The van der Waals surface area contributed by atoms with E-state index in [4.69, 9.17) is 11.6 Å². The van der Waals surface area contributed by atoms with E-state index in [2.05, 4.69) is 20.5 Å². The first-order valence-corrected chi connectivity index (χ1v) is 11.4. The van der Waals surface area contributed by atoms with Crippen molar-refractivity contribution < 1.29 is 12.8 Å². The van der Waals surface area contributed by atoms with E-state index in [1.165, 1.54) is 10.4 Å². The maximum atomic E-state index is 13.4. The third-order valence-corrected chi connectivity index (χ3v) is 7.10. The normalized spacial score (nSPS) is 15.1. The molecule has 3 aromatic rings. The van der Waals surface area contributed by atoms with E-state index in [1.807, 2.05) is 30.0 Å². The molecule has 162 valence electrons. The Morgan fingerprint density at radius 2 is 1.77 bits per heavy atom. The first-order valence-electron chi connectivity index (χ1n) is 9.56. The highest BCUT2D eigenvalue weighted by Crippen LogP contribution is 2.24. The lowest BCUT2D eigenvalue weighted by Gasteiger charge is -2.34. The van der Waals surface area contributed by atoms with Gasteiger partial charge in [-0.05, 0) is 55.0 Å². The molecule has 11 heteroatoms. The van der Waals surface area contributed by atoms with Crippen molar-refractivity contribution in [3.8, 4) is 0 Å². The number of halogens is 2. The first kappa shape index (κ1) is 21.4. The minimum absolute atomic E-state index is 0.0210. The number of aromatic nitrogens is 3. The van der Waals surface area contributed by atoms with Crippen LogP contribution in [0.5, 0.6) is 0 Å². The average Bonchev–Trinajstić information content (AvgIpc) is 2.76. The SMILES string of the molecule is Cc1ccnc(Nc2ccc(N3CCN(S(=O)(=O)c4ccc(F)c(Cl)c4)CC3)nn2)c1. The number of nitrogens with one attached hydrogen (secondary N) is 1. The molecule has 8 nitrogen and oxygen atoms in total. The number of anilines is 3. The summed E-state index contributed by atoms with van der Waals surface area (Å²) in [6.45, 7) is 3.43. The number of sulfonamides is 1. The van der Waals surface area contributed by atoms with Crippen molar-refractivity contribution >= 4 is 39.1 Å². The molecule has 1 fully saturated rings. The zero-order valence-corrected chi connectivity index (χ0v) is 18.2. The van der Waals surface area contributed by atoms with Gasteiger partial charge in [-0.3, -0.25) is 0 Å². The van der Waals surface area contributed by atoms with Gasteiger partial charge in [0.25, 0.3) is 0 Å². The number of pyridine rings is 1. The lowest BCUT2D eigenvalue weighted by Crippen LogP contribution is -2.49. The summed E-state index contributed by atoms with van der Waals surface area (Å²) in [5.41, 5.74) is 1.08. The fourth-order valence-electron chi connectivity index (χ4n) is 3.24. The molecular formula is C20H20ClFN6O2S. The van der Waals surface area contributed by atoms with Gasteiger partial charge in [-0.25, -0.2) is 17.8 Å². The molecule has 1 aromatic carbocycles. The summed E-state index contributed by atoms with van der Waals surface area (Å²) >= 11 is 5.74. The van der Waals surface area contributed by atoms with Gasteiger partial charge < -0.3 is 10.2 Å². The van der Waals surface area contributed by atoms with E-state index in [0.717, 1.165) is 17.7 Å². The Labute approximate surface area is 184 Å². The molecule has 0 amide bonds. The molecular weight excluding hydrogens is 443 g/mol. The Morgan fingerprint density at radius 3 is 2.42 bits per heavy atom. The molecule has 0 spiro atoms. The van der Waals surface area contributed by atoms with Gasteiger partial charge >= 0.3 is 0 Å². The molecule has 4 rings (SSSR count). The number of hydrogen-bond acceptors (Lipinski definition) is 7. The van der Waals surface area contributed by atoms with Crippen molar-refractivity contribution in [1.82, 2.24) is 19.5 Å². The lowest BCUT2D eigenvalue weighted by molar-refractivity contribution is 0.383. The Balaban J connectivity index is 1.39. The second-order valence-electron chi connectivity index (χ2n) is 7.09. The molecule has 0 radical (unpaired) electrons. The Bertz CT molecular complexity index is 1180. The third-order valence-electron chi connectivity index (χ3n) is 4.91. The predicted octanol–water partition coefficient (Wildman–Crippen LogP) is 3.23. The molecule has 1 N–H and O–H groups in total. The van der Waals surface area contributed by atoms with Crippen LogP contribution in [0.3, 0.4) is 0 Å². The molecule has 1 saturated heterocycles. The second-order valence-corrected chi connectivity index (χ2v) is 9.43. The minimum atomic E-state index is -3.75. The van der Waals surface area contributed by atoms with Crippen molar-refractivity contribution in [2.24, 2.45) is 0 Å². The van der Waals surface area contributed by atoms with Crippen molar-refractivity contribution in [2.45, 2.75) is 11.8 Å². The van der Waals surface area contributed by atoms with Crippen molar-refractivity contribution in [3.63, 3.8) is 0 Å². The number of piperazine rings is 1. The summed E-state index contributed by atoms with van der Waals surface area (Å²) in [5.74, 6) is 1.25. The molecule has 1 aliphatic heterocycles. The highest BCUT2D eigenvalue weighted by atomic mass is 35.5. The van der Waals surface area contributed by atoms with E-state index >= 15 is 0 Å². The first-order chi connectivity index (χ1) is 14.8. The molecule has 31 heavy (non-hydrogen) atoms. The number of aryl methyl sites for hydroxylation is 1. The Hall–Kier alpha value is -2.82. The predicted molar refractivity (Wildman–Crippen MR) is 117 cm³/mol. The zero-order chi connectivity index (χ0) is 22.0. The van der Waals surface area contributed by atoms with Crippen LogP contribution in [-0.4, -0.2) is 54.1 Å². The van der Waals surface area contributed by atoms with Crippen LogP contribution in [0.25, 0.3) is 0 Å². The molecule has 0 saturated carbocycles.